The van der Waals surface area contributed by atoms with Crippen LogP contribution in [-0.2, 0) is 21.4 Å². The standard InChI is InChI=1S/C19H24FN3O3S.ClH/c1-15(22-27(25,26)18-11-6-5-10-17(18)20)19(24)23(13-7-12-21)14-16-8-3-2-4-9-16;/h2-6,8-11,15,22H,7,12-14,21H2,1H3;1H. The van der Waals surface area contributed by atoms with Crippen molar-refractivity contribution in [1.82, 2.24) is 9.62 Å². The average molecular weight is 430 g/mol. The first kappa shape index (κ1) is 24.0. The number of carbonyl (C=O) groups is 1. The molecule has 0 saturated heterocycles. The minimum Gasteiger partial charge on any atom is -0.337 e. The Morgan fingerprint density at radius 3 is 2.36 bits per heavy atom. The number of hydrogen-bond donors (Lipinski definition) is 2. The zero-order valence-corrected chi connectivity index (χ0v) is 17.2. The Hall–Kier alpha value is -2.00. The second-order valence-corrected chi connectivity index (χ2v) is 7.84. The van der Waals surface area contributed by atoms with Crippen molar-refractivity contribution in [2.75, 3.05) is 13.1 Å². The van der Waals surface area contributed by atoms with Crippen molar-refractivity contribution < 1.29 is 17.6 Å². The predicted octanol–water partition coefficient (Wildman–Crippen LogP) is 2.29. The minimum absolute atomic E-state index is 0. The van der Waals surface area contributed by atoms with Crippen LogP contribution in [0.3, 0.4) is 0 Å². The molecule has 0 aliphatic rings. The molecule has 0 aromatic heterocycles. The Bertz CT molecular complexity index is 866. The van der Waals surface area contributed by atoms with Crippen LogP contribution in [-0.4, -0.2) is 38.4 Å². The van der Waals surface area contributed by atoms with Gasteiger partial charge < -0.3 is 10.6 Å². The van der Waals surface area contributed by atoms with E-state index in [-0.39, 0.29) is 12.4 Å². The highest BCUT2D eigenvalue weighted by Gasteiger charge is 2.27. The maximum absolute atomic E-state index is 13.8. The molecule has 0 spiro atoms. The Kier molecular flexibility index (Phi) is 9.54. The molecule has 154 valence electrons. The summed E-state index contributed by atoms with van der Waals surface area (Å²) in [6.07, 6.45) is 0.589. The number of halogens is 2. The molecule has 1 atom stereocenters. The Morgan fingerprint density at radius 2 is 1.75 bits per heavy atom. The number of sulfonamides is 1. The Balaban J connectivity index is 0.00000392. The number of benzene rings is 2. The van der Waals surface area contributed by atoms with Gasteiger partial charge in [0.1, 0.15) is 10.7 Å². The molecule has 6 nitrogen and oxygen atoms in total. The van der Waals surface area contributed by atoms with E-state index in [0.29, 0.717) is 26.1 Å². The van der Waals surface area contributed by atoms with Crippen molar-refractivity contribution in [1.29, 1.82) is 0 Å². The summed E-state index contributed by atoms with van der Waals surface area (Å²) in [5.74, 6) is -1.26. The van der Waals surface area contributed by atoms with E-state index in [9.17, 15) is 17.6 Å². The Labute approximate surface area is 171 Å². The van der Waals surface area contributed by atoms with Gasteiger partial charge in [-0.2, -0.15) is 4.72 Å². The monoisotopic (exact) mass is 429 g/mol. The number of amides is 1. The predicted molar refractivity (Wildman–Crippen MR) is 109 cm³/mol. The van der Waals surface area contributed by atoms with Crippen molar-refractivity contribution in [3.63, 3.8) is 0 Å². The topological polar surface area (TPSA) is 92.5 Å². The zero-order valence-electron chi connectivity index (χ0n) is 15.5. The van der Waals surface area contributed by atoms with Gasteiger partial charge in [-0.3, -0.25) is 4.79 Å². The van der Waals surface area contributed by atoms with Gasteiger partial charge in [-0.15, -0.1) is 12.4 Å². The van der Waals surface area contributed by atoms with Crippen LogP contribution in [0.5, 0.6) is 0 Å². The summed E-state index contributed by atoms with van der Waals surface area (Å²) >= 11 is 0. The van der Waals surface area contributed by atoms with Crippen molar-refractivity contribution in [2.24, 2.45) is 5.73 Å². The van der Waals surface area contributed by atoms with Crippen LogP contribution in [0.25, 0.3) is 0 Å². The van der Waals surface area contributed by atoms with Gasteiger partial charge in [0.15, 0.2) is 0 Å². The van der Waals surface area contributed by atoms with Crippen LogP contribution < -0.4 is 10.5 Å². The fourth-order valence-corrected chi connectivity index (χ4v) is 3.91. The highest BCUT2D eigenvalue weighted by Crippen LogP contribution is 2.14. The van der Waals surface area contributed by atoms with Gasteiger partial charge in [-0.25, -0.2) is 12.8 Å². The van der Waals surface area contributed by atoms with Crippen LogP contribution in [0, 0.1) is 5.82 Å². The second kappa shape index (κ2) is 11.1. The van der Waals surface area contributed by atoms with E-state index < -0.39 is 32.7 Å². The molecule has 2 aromatic rings. The smallest absolute Gasteiger partial charge is 0.244 e. The number of hydrogen-bond acceptors (Lipinski definition) is 4. The SMILES string of the molecule is CC(NS(=O)(=O)c1ccccc1F)C(=O)N(CCCN)Cc1ccccc1.Cl. The van der Waals surface area contributed by atoms with E-state index in [0.717, 1.165) is 17.7 Å². The lowest BCUT2D eigenvalue weighted by molar-refractivity contribution is -0.133. The van der Waals surface area contributed by atoms with Crippen LogP contribution >= 0.6 is 12.4 Å². The summed E-state index contributed by atoms with van der Waals surface area (Å²) in [7, 11) is -4.16. The molecule has 2 aromatic carbocycles. The third-order valence-corrected chi connectivity index (χ3v) is 5.56. The summed E-state index contributed by atoms with van der Waals surface area (Å²) in [6, 6.07) is 13.4. The highest BCUT2D eigenvalue weighted by atomic mass is 35.5. The number of nitrogens with two attached hydrogens (primary N) is 1. The van der Waals surface area contributed by atoms with Crippen molar-refractivity contribution in [3.8, 4) is 0 Å². The molecule has 0 aliphatic carbocycles. The van der Waals surface area contributed by atoms with E-state index in [4.69, 9.17) is 5.73 Å². The lowest BCUT2D eigenvalue weighted by Gasteiger charge is -2.26. The molecule has 1 unspecified atom stereocenters. The summed E-state index contributed by atoms with van der Waals surface area (Å²) in [5.41, 5.74) is 6.47. The maximum Gasteiger partial charge on any atom is 0.244 e. The number of carbonyl (C=O) groups excluding carboxylic acids is 1. The number of nitrogens with one attached hydrogen (secondary N) is 1. The maximum atomic E-state index is 13.8. The van der Waals surface area contributed by atoms with Crippen LogP contribution in [0.4, 0.5) is 4.39 Å². The van der Waals surface area contributed by atoms with E-state index in [2.05, 4.69) is 4.72 Å². The quantitative estimate of drug-likeness (QED) is 0.639. The van der Waals surface area contributed by atoms with Gasteiger partial charge in [0, 0.05) is 13.1 Å². The lowest BCUT2D eigenvalue weighted by Crippen LogP contribution is -2.47. The molecule has 2 rings (SSSR count). The van der Waals surface area contributed by atoms with Gasteiger partial charge in [0.2, 0.25) is 15.9 Å². The molecule has 0 radical (unpaired) electrons. The van der Waals surface area contributed by atoms with Crippen molar-refractivity contribution in [3.05, 3.63) is 66.0 Å². The number of rotatable bonds is 9. The van der Waals surface area contributed by atoms with Gasteiger partial charge >= 0.3 is 0 Å². The fourth-order valence-electron chi connectivity index (χ4n) is 2.64. The summed E-state index contributed by atoms with van der Waals surface area (Å²) in [4.78, 5) is 13.9. The number of nitrogens with zero attached hydrogens (tertiary/aromatic N) is 1. The average Bonchev–Trinajstić information content (AvgIpc) is 2.65. The first-order valence-corrected chi connectivity index (χ1v) is 10.1. The van der Waals surface area contributed by atoms with E-state index >= 15 is 0 Å². The van der Waals surface area contributed by atoms with E-state index in [1.54, 1.807) is 4.90 Å². The largest absolute Gasteiger partial charge is 0.337 e. The van der Waals surface area contributed by atoms with Crippen LogP contribution in [0.2, 0.25) is 0 Å². The molecule has 1 amide bonds. The second-order valence-electron chi connectivity index (χ2n) is 6.16. The minimum atomic E-state index is -4.16. The summed E-state index contributed by atoms with van der Waals surface area (Å²) in [6.45, 7) is 2.59. The highest BCUT2D eigenvalue weighted by molar-refractivity contribution is 7.89. The van der Waals surface area contributed by atoms with Crippen LogP contribution in [0.15, 0.2) is 59.5 Å². The summed E-state index contributed by atoms with van der Waals surface area (Å²) in [5, 5.41) is 0. The van der Waals surface area contributed by atoms with Gasteiger partial charge in [-0.05, 0) is 37.6 Å². The third kappa shape index (κ3) is 6.56. The van der Waals surface area contributed by atoms with E-state index in [1.807, 2.05) is 30.3 Å². The molecule has 0 aliphatic heterocycles. The van der Waals surface area contributed by atoms with E-state index in [1.165, 1.54) is 19.1 Å². The molecule has 0 heterocycles. The molecule has 0 bridgehead atoms. The van der Waals surface area contributed by atoms with Crippen molar-refractivity contribution >= 4 is 28.3 Å². The molecular formula is C19H25ClFN3O3S. The third-order valence-electron chi connectivity index (χ3n) is 3.99. The van der Waals surface area contributed by atoms with Gasteiger partial charge in [-0.1, -0.05) is 42.5 Å². The van der Waals surface area contributed by atoms with Crippen LogP contribution in [0.1, 0.15) is 18.9 Å². The molecule has 9 heteroatoms. The first-order chi connectivity index (χ1) is 12.8. The van der Waals surface area contributed by atoms with Gasteiger partial charge in [0.25, 0.3) is 0 Å². The fraction of sp³-hybridized carbons (Fsp3) is 0.316. The van der Waals surface area contributed by atoms with Crippen molar-refractivity contribution in [2.45, 2.75) is 30.8 Å². The van der Waals surface area contributed by atoms with Gasteiger partial charge in [0.05, 0.1) is 6.04 Å². The lowest BCUT2D eigenvalue weighted by atomic mass is 10.2. The molecular weight excluding hydrogens is 405 g/mol. The molecule has 28 heavy (non-hydrogen) atoms. The molecule has 0 saturated carbocycles. The molecule has 0 fully saturated rings. The summed E-state index contributed by atoms with van der Waals surface area (Å²) < 4.78 is 40.9. The normalized spacial score (nSPS) is 12.1. The first-order valence-electron chi connectivity index (χ1n) is 8.65. The zero-order chi connectivity index (χ0) is 19.9. The Morgan fingerprint density at radius 1 is 1.14 bits per heavy atom. The molecule has 3 N–H and O–H groups in total.